The molecular weight excluding hydrogens is 318 g/mol. The van der Waals surface area contributed by atoms with Gasteiger partial charge in [-0.3, -0.25) is 9.48 Å². The van der Waals surface area contributed by atoms with Crippen molar-refractivity contribution in [3.8, 4) is 0 Å². The zero-order chi connectivity index (χ0) is 17.8. The molecule has 6 heteroatoms. The second kappa shape index (κ2) is 7.51. The number of amides is 1. The minimum atomic E-state index is -0.905. The molecule has 2 heterocycles. The minimum Gasteiger partial charge on any atom is -0.478 e. The first-order valence-electron chi connectivity index (χ1n) is 8.60. The summed E-state index contributed by atoms with van der Waals surface area (Å²) < 4.78 is 1.81. The monoisotopic (exact) mass is 341 g/mol. The fraction of sp³-hybridized carbons (Fsp3) is 0.421. The Kier molecular flexibility index (Phi) is 5.16. The number of nitrogens with zero attached hydrogens (tertiary/aromatic N) is 3. The molecule has 0 bridgehead atoms. The van der Waals surface area contributed by atoms with Gasteiger partial charge in [-0.1, -0.05) is 12.1 Å². The first-order valence-corrected chi connectivity index (χ1v) is 8.60. The van der Waals surface area contributed by atoms with Crippen LogP contribution in [0.25, 0.3) is 0 Å². The van der Waals surface area contributed by atoms with Crippen LogP contribution in [0.2, 0.25) is 0 Å². The van der Waals surface area contributed by atoms with E-state index in [-0.39, 0.29) is 5.91 Å². The first-order chi connectivity index (χ1) is 12.0. The number of aromatic nitrogens is 2. The van der Waals surface area contributed by atoms with E-state index >= 15 is 0 Å². The van der Waals surface area contributed by atoms with E-state index in [4.69, 9.17) is 5.11 Å². The van der Waals surface area contributed by atoms with Crippen LogP contribution in [-0.2, 0) is 24.7 Å². The number of carboxylic acids is 1. The standard InChI is InChI=1S/C19H23N3O3/c1-21-17(8-10-20-21)6-7-18(23)22-11-9-15(13-22)12-14-2-4-16(5-3-14)19(24)25/h2-5,8,10,15H,6-7,9,11-13H2,1H3,(H,24,25). The van der Waals surface area contributed by atoms with E-state index in [0.717, 1.165) is 37.2 Å². The van der Waals surface area contributed by atoms with Crippen LogP contribution < -0.4 is 0 Å². The van der Waals surface area contributed by atoms with Gasteiger partial charge in [-0.15, -0.1) is 0 Å². The quantitative estimate of drug-likeness (QED) is 0.873. The van der Waals surface area contributed by atoms with E-state index in [2.05, 4.69) is 5.10 Å². The molecule has 132 valence electrons. The Morgan fingerprint density at radius 1 is 1.24 bits per heavy atom. The van der Waals surface area contributed by atoms with E-state index in [0.29, 0.717) is 24.3 Å². The van der Waals surface area contributed by atoms with Gasteiger partial charge >= 0.3 is 5.97 Å². The largest absolute Gasteiger partial charge is 0.478 e. The Balaban J connectivity index is 1.48. The third kappa shape index (κ3) is 4.26. The van der Waals surface area contributed by atoms with Crippen molar-refractivity contribution >= 4 is 11.9 Å². The van der Waals surface area contributed by atoms with Gasteiger partial charge in [0, 0.05) is 38.4 Å². The number of aryl methyl sites for hydroxylation is 2. The summed E-state index contributed by atoms with van der Waals surface area (Å²) in [5.41, 5.74) is 2.50. The van der Waals surface area contributed by atoms with E-state index < -0.39 is 5.97 Å². The van der Waals surface area contributed by atoms with Crippen LogP contribution in [0.15, 0.2) is 36.5 Å². The molecule has 1 N–H and O–H groups in total. The topological polar surface area (TPSA) is 75.4 Å². The van der Waals surface area contributed by atoms with Gasteiger partial charge in [-0.05, 0) is 48.9 Å². The number of benzene rings is 1. The Morgan fingerprint density at radius 3 is 2.64 bits per heavy atom. The highest BCUT2D eigenvalue weighted by molar-refractivity contribution is 5.87. The third-order valence-electron chi connectivity index (χ3n) is 4.88. The van der Waals surface area contributed by atoms with Gasteiger partial charge in [0.1, 0.15) is 0 Å². The summed E-state index contributed by atoms with van der Waals surface area (Å²) in [5.74, 6) is -0.265. The second-order valence-corrected chi connectivity index (χ2v) is 6.65. The molecule has 25 heavy (non-hydrogen) atoms. The highest BCUT2D eigenvalue weighted by Crippen LogP contribution is 2.22. The summed E-state index contributed by atoms with van der Waals surface area (Å²) in [6.07, 6.45) is 4.86. The Hall–Kier alpha value is -2.63. The summed E-state index contributed by atoms with van der Waals surface area (Å²) in [4.78, 5) is 25.2. The van der Waals surface area contributed by atoms with Gasteiger partial charge in [0.25, 0.3) is 0 Å². The van der Waals surface area contributed by atoms with Crippen LogP contribution in [-0.4, -0.2) is 44.8 Å². The van der Waals surface area contributed by atoms with Crippen molar-refractivity contribution in [1.29, 1.82) is 0 Å². The number of likely N-dealkylation sites (tertiary alicyclic amines) is 1. The predicted octanol–water partition coefficient (Wildman–Crippen LogP) is 2.14. The zero-order valence-electron chi connectivity index (χ0n) is 14.4. The maximum Gasteiger partial charge on any atom is 0.335 e. The van der Waals surface area contributed by atoms with Crippen molar-refractivity contribution in [3.05, 3.63) is 53.3 Å². The fourth-order valence-electron chi connectivity index (χ4n) is 3.38. The van der Waals surface area contributed by atoms with Crippen LogP contribution >= 0.6 is 0 Å². The molecule has 0 radical (unpaired) electrons. The molecule has 1 unspecified atom stereocenters. The number of aromatic carboxylic acids is 1. The molecule has 0 aliphatic carbocycles. The van der Waals surface area contributed by atoms with Gasteiger partial charge in [0.2, 0.25) is 5.91 Å². The summed E-state index contributed by atoms with van der Waals surface area (Å²) in [5, 5.41) is 13.1. The number of hydrogen-bond acceptors (Lipinski definition) is 3. The number of carbonyl (C=O) groups excluding carboxylic acids is 1. The highest BCUT2D eigenvalue weighted by atomic mass is 16.4. The average Bonchev–Trinajstić information content (AvgIpc) is 3.22. The van der Waals surface area contributed by atoms with Gasteiger partial charge in [0.05, 0.1) is 5.56 Å². The molecule has 1 aliphatic heterocycles. The maximum absolute atomic E-state index is 12.4. The van der Waals surface area contributed by atoms with Gasteiger partial charge in [-0.2, -0.15) is 5.10 Å². The van der Waals surface area contributed by atoms with Crippen LogP contribution in [0.3, 0.4) is 0 Å². The van der Waals surface area contributed by atoms with E-state index in [1.807, 2.05) is 30.1 Å². The van der Waals surface area contributed by atoms with Crippen molar-refractivity contribution in [3.63, 3.8) is 0 Å². The van der Waals surface area contributed by atoms with Crippen molar-refractivity contribution in [2.24, 2.45) is 13.0 Å². The first kappa shape index (κ1) is 17.2. The molecule has 1 aromatic heterocycles. The fourth-order valence-corrected chi connectivity index (χ4v) is 3.38. The van der Waals surface area contributed by atoms with Crippen LogP contribution in [0.1, 0.15) is 34.5 Å². The number of rotatable bonds is 6. The van der Waals surface area contributed by atoms with Gasteiger partial charge < -0.3 is 10.0 Å². The van der Waals surface area contributed by atoms with Gasteiger partial charge in [0.15, 0.2) is 0 Å². The van der Waals surface area contributed by atoms with Crippen LogP contribution in [0, 0.1) is 5.92 Å². The van der Waals surface area contributed by atoms with Crippen LogP contribution in [0.5, 0.6) is 0 Å². The average molecular weight is 341 g/mol. The van der Waals surface area contributed by atoms with E-state index in [9.17, 15) is 9.59 Å². The van der Waals surface area contributed by atoms with Crippen LogP contribution in [0.4, 0.5) is 0 Å². The number of carboxylic acid groups (broad SMARTS) is 1. The lowest BCUT2D eigenvalue weighted by atomic mass is 9.98. The Morgan fingerprint density at radius 2 is 2.00 bits per heavy atom. The highest BCUT2D eigenvalue weighted by Gasteiger charge is 2.26. The SMILES string of the molecule is Cn1nccc1CCC(=O)N1CCC(Cc2ccc(C(=O)O)cc2)C1. The minimum absolute atomic E-state index is 0.199. The summed E-state index contributed by atoms with van der Waals surface area (Å²) in [6.45, 7) is 1.59. The molecule has 0 saturated carbocycles. The van der Waals surface area contributed by atoms with Crippen molar-refractivity contribution in [2.75, 3.05) is 13.1 Å². The Labute approximate surface area is 147 Å². The number of carbonyl (C=O) groups is 2. The van der Waals surface area contributed by atoms with Crippen molar-refractivity contribution < 1.29 is 14.7 Å². The van der Waals surface area contributed by atoms with Gasteiger partial charge in [-0.25, -0.2) is 4.79 Å². The zero-order valence-corrected chi connectivity index (χ0v) is 14.4. The third-order valence-corrected chi connectivity index (χ3v) is 4.88. The summed E-state index contributed by atoms with van der Waals surface area (Å²) in [7, 11) is 1.89. The molecule has 3 rings (SSSR count). The summed E-state index contributed by atoms with van der Waals surface area (Å²) in [6, 6.07) is 8.97. The Bertz CT molecular complexity index is 752. The smallest absolute Gasteiger partial charge is 0.335 e. The van der Waals surface area contributed by atoms with E-state index in [1.165, 1.54) is 0 Å². The molecule has 2 aromatic rings. The van der Waals surface area contributed by atoms with Crippen molar-refractivity contribution in [1.82, 2.24) is 14.7 Å². The lowest BCUT2D eigenvalue weighted by Gasteiger charge is -2.16. The molecule has 1 atom stereocenters. The molecule has 0 spiro atoms. The molecule has 1 fully saturated rings. The van der Waals surface area contributed by atoms with Crippen molar-refractivity contribution in [2.45, 2.75) is 25.7 Å². The number of hydrogen-bond donors (Lipinski definition) is 1. The lowest BCUT2D eigenvalue weighted by molar-refractivity contribution is -0.130. The maximum atomic E-state index is 12.4. The molecule has 1 aliphatic rings. The molecular formula is C19H23N3O3. The molecule has 1 saturated heterocycles. The predicted molar refractivity (Wildman–Crippen MR) is 93.3 cm³/mol. The molecule has 1 amide bonds. The molecule has 1 aromatic carbocycles. The molecule has 6 nitrogen and oxygen atoms in total. The summed E-state index contributed by atoms with van der Waals surface area (Å²) >= 11 is 0. The van der Waals surface area contributed by atoms with E-state index in [1.54, 1.807) is 23.0 Å². The normalized spacial score (nSPS) is 17.0. The second-order valence-electron chi connectivity index (χ2n) is 6.65. The lowest BCUT2D eigenvalue weighted by Crippen LogP contribution is -2.29.